The molecule has 1 amide bonds. The van der Waals surface area contributed by atoms with Gasteiger partial charge in [0.2, 0.25) is 0 Å². The number of carbonyl (C=O) groups excluding carboxylic acids is 2. The Bertz CT molecular complexity index is 1190. The van der Waals surface area contributed by atoms with Crippen molar-refractivity contribution in [2.45, 2.75) is 13.0 Å². The van der Waals surface area contributed by atoms with Gasteiger partial charge in [0.15, 0.2) is 6.61 Å². The van der Waals surface area contributed by atoms with Crippen molar-refractivity contribution < 1.29 is 14.3 Å². The third-order valence-corrected chi connectivity index (χ3v) is 4.85. The molecular weight excluding hydrogens is 364 g/mol. The van der Waals surface area contributed by atoms with E-state index < -0.39 is 5.97 Å². The molecule has 0 bridgehead atoms. The van der Waals surface area contributed by atoms with Crippen molar-refractivity contribution in [1.29, 1.82) is 0 Å². The minimum atomic E-state index is -0.567. The highest BCUT2D eigenvalue weighted by Gasteiger charge is 2.16. The Morgan fingerprint density at radius 2 is 1.66 bits per heavy atom. The molecule has 0 aliphatic carbocycles. The molecule has 29 heavy (non-hydrogen) atoms. The molecule has 0 saturated heterocycles. The van der Waals surface area contributed by atoms with Crippen LogP contribution in [0.3, 0.4) is 0 Å². The standard InChI is InChI=1S/C24H20N2O3/c1-16(19-12-4-8-17-7-2-3-11-20(17)19)26-22(27)15-29-24(28)21-13-5-9-18-10-6-14-25-23(18)21/h2-14,16H,15H2,1H3,(H,26,27)/t16-/m0/s1. The van der Waals surface area contributed by atoms with Crippen molar-refractivity contribution in [3.8, 4) is 0 Å². The second-order valence-electron chi connectivity index (χ2n) is 6.81. The predicted octanol–water partition coefficient (Wildman–Crippen LogP) is 4.42. The van der Waals surface area contributed by atoms with Gasteiger partial charge in [-0.25, -0.2) is 4.79 Å². The van der Waals surface area contributed by atoms with Crippen LogP contribution in [0.5, 0.6) is 0 Å². The summed E-state index contributed by atoms with van der Waals surface area (Å²) < 4.78 is 5.23. The van der Waals surface area contributed by atoms with Crippen LogP contribution in [0.25, 0.3) is 21.7 Å². The number of hydrogen-bond acceptors (Lipinski definition) is 4. The van der Waals surface area contributed by atoms with E-state index in [1.54, 1.807) is 24.4 Å². The van der Waals surface area contributed by atoms with Gasteiger partial charge in [0, 0.05) is 11.6 Å². The number of para-hydroxylation sites is 1. The summed E-state index contributed by atoms with van der Waals surface area (Å²) in [5.41, 5.74) is 1.92. The maximum atomic E-state index is 12.5. The zero-order chi connectivity index (χ0) is 20.2. The van der Waals surface area contributed by atoms with Gasteiger partial charge < -0.3 is 10.1 Å². The Labute approximate surface area is 168 Å². The van der Waals surface area contributed by atoms with E-state index in [4.69, 9.17) is 4.74 Å². The lowest BCUT2D eigenvalue weighted by molar-refractivity contribution is -0.124. The molecule has 1 atom stereocenters. The average molecular weight is 384 g/mol. The van der Waals surface area contributed by atoms with E-state index in [0.717, 1.165) is 21.7 Å². The fourth-order valence-corrected chi connectivity index (χ4v) is 3.47. The zero-order valence-electron chi connectivity index (χ0n) is 16.0. The van der Waals surface area contributed by atoms with Gasteiger partial charge in [0.05, 0.1) is 17.1 Å². The Morgan fingerprint density at radius 3 is 2.55 bits per heavy atom. The number of amides is 1. The quantitative estimate of drug-likeness (QED) is 0.517. The van der Waals surface area contributed by atoms with Gasteiger partial charge in [-0.2, -0.15) is 0 Å². The second-order valence-corrected chi connectivity index (χ2v) is 6.81. The van der Waals surface area contributed by atoms with Crippen LogP contribution >= 0.6 is 0 Å². The molecule has 144 valence electrons. The number of aromatic nitrogens is 1. The number of nitrogens with zero attached hydrogens (tertiary/aromatic N) is 1. The molecule has 5 heteroatoms. The Morgan fingerprint density at radius 1 is 0.931 bits per heavy atom. The van der Waals surface area contributed by atoms with Crippen molar-refractivity contribution in [3.63, 3.8) is 0 Å². The van der Waals surface area contributed by atoms with Crippen LogP contribution in [0.15, 0.2) is 79.0 Å². The van der Waals surface area contributed by atoms with Gasteiger partial charge in [-0.1, -0.05) is 60.7 Å². The van der Waals surface area contributed by atoms with E-state index in [2.05, 4.69) is 10.3 Å². The fraction of sp³-hybridized carbons (Fsp3) is 0.125. The van der Waals surface area contributed by atoms with Crippen LogP contribution < -0.4 is 5.32 Å². The first-order valence-electron chi connectivity index (χ1n) is 9.41. The molecule has 5 nitrogen and oxygen atoms in total. The molecular formula is C24H20N2O3. The van der Waals surface area contributed by atoms with E-state index in [9.17, 15) is 9.59 Å². The summed E-state index contributed by atoms with van der Waals surface area (Å²) in [6, 6.07) is 22.8. The Hall–Kier alpha value is -3.73. The largest absolute Gasteiger partial charge is 0.452 e. The van der Waals surface area contributed by atoms with Crippen LogP contribution in [0.2, 0.25) is 0 Å². The van der Waals surface area contributed by atoms with Gasteiger partial charge in [-0.3, -0.25) is 9.78 Å². The zero-order valence-corrected chi connectivity index (χ0v) is 16.0. The van der Waals surface area contributed by atoms with Gasteiger partial charge in [0.25, 0.3) is 5.91 Å². The summed E-state index contributed by atoms with van der Waals surface area (Å²) in [5.74, 6) is -0.922. The number of fused-ring (bicyclic) bond motifs is 2. The summed E-state index contributed by atoms with van der Waals surface area (Å²) in [5, 5.41) is 5.94. The topological polar surface area (TPSA) is 68.3 Å². The fourth-order valence-electron chi connectivity index (χ4n) is 3.47. The number of hydrogen-bond donors (Lipinski definition) is 1. The average Bonchev–Trinajstić information content (AvgIpc) is 2.76. The lowest BCUT2D eigenvalue weighted by atomic mass is 10.00. The first-order valence-corrected chi connectivity index (χ1v) is 9.41. The number of esters is 1. The first kappa shape index (κ1) is 18.6. The molecule has 4 rings (SSSR count). The summed E-state index contributed by atoms with van der Waals surface area (Å²) >= 11 is 0. The number of nitrogens with one attached hydrogen (secondary N) is 1. The van der Waals surface area contributed by atoms with Crippen molar-refractivity contribution in [2.75, 3.05) is 6.61 Å². The number of ether oxygens (including phenoxy) is 1. The molecule has 0 saturated carbocycles. The molecule has 0 spiro atoms. The van der Waals surface area contributed by atoms with Crippen LogP contribution in [0.4, 0.5) is 0 Å². The summed E-state index contributed by atoms with van der Waals surface area (Å²) in [6.45, 7) is 1.56. The molecule has 0 radical (unpaired) electrons. The first-order chi connectivity index (χ1) is 14.1. The van der Waals surface area contributed by atoms with Crippen LogP contribution in [0.1, 0.15) is 28.9 Å². The van der Waals surface area contributed by atoms with E-state index in [0.29, 0.717) is 11.1 Å². The molecule has 3 aromatic carbocycles. The SMILES string of the molecule is C[C@H](NC(=O)COC(=O)c1cccc2cccnc12)c1cccc2ccccc12. The van der Waals surface area contributed by atoms with Crippen molar-refractivity contribution in [2.24, 2.45) is 0 Å². The maximum Gasteiger partial charge on any atom is 0.340 e. The van der Waals surface area contributed by atoms with E-state index >= 15 is 0 Å². The maximum absolute atomic E-state index is 12.5. The van der Waals surface area contributed by atoms with Crippen LogP contribution in [0, 0.1) is 0 Å². The molecule has 4 aromatic rings. The molecule has 0 aliphatic rings. The smallest absolute Gasteiger partial charge is 0.340 e. The van der Waals surface area contributed by atoms with Gasteiger partial charge in [0.1, 0.15) is 0 Å². The Balaban J connectivity index is 1.42. The van der Waals surface area contributed by atoms with Gasteiger partial charge in [-0.15, -0.1) is 0 Å². The molecule has 0 aliphatic heterocycles. The highest BCUT2D eigenvalue weighted by molar-refractivity contribution is 6.03. The van der Waals surface area contributed by atoms with Crippen LogP contribution in [-0.4, -0.2) is 23.5 Å². The molecule has 1 heterocycles. The Kier molecular flexibility index (Phi) is 5.20. The number of pyridine rings is 1. The molecule has 0 unspecified atom stereocenters. The van der Waals surface area contributed by atoms with Crippen LogP contribution in [-0.2, 0) is 9.53 Å². The lowest BCUT2D eigenvalue weighted by Crippen LogP contribution is -2.31. The van der Waals surface area contributed by atoms with E-state index in [1.807, 2.05) is 61.5 Å². The van der Waals surface area contributed by atoms with Gasteiger partial charge in [-0.05, 0) is 35.4 Å². The van der Waals surface area contributed by atoms with Crippen molar-refractivity contribution in [3.05, 3.63) is 90.1 Å². The monoisotopic (exact) mass is 384 g/mol. The molecule has 0 fully saturated rings. The second kappa shape index (κ2) is 8.10. The highest BCUT2D eigenvalue weighted by atomic mass is 16.5. The summed E-state index contributed by atoms with van der Waals surface area (Å²) in [7, 11) is 0. The van der Waals surface area contributed by atoms with Crippen molar-refractivity contribution in [1.82, 2.24) is 10.3 Å². The summed E-state index contributed by atoms with van der Waals surface area (Å²) in [6.07, 6.45) is 1.62. The molecule has 1 N–H and O–H groups in total. The third kappa shape index (κ3) is 3.94. The molecule has 1 aromatic heterocycles. The van der Waals surface area contributed by atoms with E-state index in [1.165, 1.54) is 0 Å². The normalized spacial score (nSPS) is 11.9. The number of carbonyl (C=O) groups is 2. The third-order valence-electron chi connectivity index (χ3n) is 4.85. The number of benzene rings is 3. The minimum absolute atomic E-state index is 0.216. The minimum Gasteiger partial charge on any atom is -0.452 e. The summed E-state index contributed by atoms with van der Waals surface area (Å²) in [4.78, 5) is 29.1. The lowest BCUT2D eigenvalue weighted by Gasteiger charge is -2.16. The van der Waals surface area contributed by atoms with Crippen molar-refractivity contribution >= 4 is 33.6 Å². The predicted molar refractivity (Wildman–Crippen MR) is 113 cm³/mol. The highest BCUT2D eigenvalue weighted by Crippen LogP contribution is 2.24. The number of rotatable bonds is 5. The van der Waals surface area contributed by atoms with Gasteiger partial charge >= 0.3 is 5.97 Å². The van der Waals surface area contributed by atoms with E-state index in [-0.39, 0.29) is 18.6 Å².